The van der Waals surface area contributed by atoms with E-state index in [0.717, 1.165) is 0 Å². The van der Waals surface area contributed by atoms with Gasteiger partial charge in [-0.1, -0.05) is 28.1 Å². The van der Waals surface area contributed by atoms with Crippen molar-refractivity contribution in [2.75, 3.05) is 11.9 Å². The Morgan fingerprint density at radius 1 is 1.50 bits per heavy atom. The topological polar surface area (TPSA) is 61.4 Å². The van der Waals surface area contributed by atoms with Crippen LogP contribution >= 0.6 is 15.9 Å². The number of rotatable bonds is 3. The van der Waals surface area contributed by atoms with E-state index in [1.165, 1.54) is 6.07 Å². The molecular formula is C14H16BrFN2O2. The second-order valence-electron chi connectivity index (χ2n) is 4.80. The molecule has 2 amide bonds. The minimum absolute atomic E-state index is 0.0663. The number of aliphatic hydroxyl groups excluding tert-OH is 1. The van der Waals surface area contributed by atoms with E-state index < -0.39 is 11.8 Å². The SMILES string of the molecule is Cc1c(Br)ccc(NC(=O)N[C@@H]2C=C[C@H](CO)C2)c1F. The number of carbonyl (C=O) groups is 1. The maximum absolute atomic E-state index is 13.9. The van der Waals surface area contributed by atoms with Gasteiger partial charge in [0.1, 0.15) is 0 Å². The zero-order valence-corrected chi connectivity index (χ0v) is 12.6. The molecular weight excluding hydrogens is 327 g/mol. The third-order valence-electron chi connectivity index (χ3n) is 3.29. The van der Waals surface area contributed by atoms with Crippen molar-refractivity contribution in [3.63, 3.8) is 0 Å². The Morgan fingerprint density at radius 2 is 2.25 bits per heavy atom. The Hall–Kier alpha value is -1.40. The fourth-order valence-electron chi connectivity index (χ4n) is 2.10. The standard InChI is InChI=1S/C14H16BrFN2O2/c1-8-11(15)4-5-12(13(8)16)18-14(20)17-10-3-2-9(6-10)7-19/h2-5,9-10,19H,6-7H2,1H3,(H2,17,18,20)/t9-,10+/m0/s1. The molecule has 2 atom stereocenters. The van der Waals surface area contributed by atoms with Crippen molar-refractivity contribution in [3.8, 4) is 0 Å². The van der Waals surface area contributed by atoms with E-state index >= 15 is 0 Å². The largest absolute Gasteiger partial charge is 0.396 e. The maximum Gasteiger partial charge on any atom is 0.319 e. The van der Waals surface area contributed by atoms with Crippen LogP contribution in [0.4, 0.5) is 14.9 Å². The number of hydrogen-bond acceptors (Lipinski definition) is 2. The number of carbonyl (C=O) groups excluding carboxylic acids is 1. The fourth-order valence-corrected chi connectivity index (χ4v) is 2.41. The summed E-state index contributed by atoms with van der Waals surface area (Å²) in [4.78, 5) is 11.8. The summed E-state index contributed by atoms with van der Waals surface area (Å²) < 4.78 is 14.6. The molecule has 1 aliphatic carbocycles. The third-order valence-corrected chi connectivity index (χ3v) is 4.15. The van der Waals surface area contributed by atoms with E-state index in [1.807, 2.05) is 12.2 Å². The van der Waals surface area contributed by atoms with Gasteiger partial charge in [0.15, 0.2) is 5.82 Å². The lowest BCUT2D eigenvalue weighted by molar-refractivity contribution is 0.238. The van der Waals surface area contributed by atoms with Gasteiger partial charge in [0.05, 0.1) is 5.69 Å². The first-order chi connectivity index (χ1) is 9.51. The Morgan fingerprint density at radius 3 is 2.90 bits per heavy atom. The normalized spacial score (nSPS) is 21.0. The van der Waals surface area contributed by atoms with Crippen LogP contribution in [0.2, 0.25) is 0 Å². The summed E-state index contributed by atoms with van der Waals surface area (Å²) in [7, 11) is 0. The molecule has 0 saturated carbocycles. The first kappa shape index (κ1) is 15.0. The molecule has 108 valence electrons. The number of halogens is 2. The van der Waals surface area contributed by atoms with Gasteiger partial charge < -0.3 is 15.7 Å². The highest BCUT2D eigenvalue weighted by molar-refractivity contribution is 9.10. The van der Waals surface area contributed by atoms with Gasteiger partial charge in [-0.2, -0.15) is 0 Å². The van der Waals surface area contributed by atoms with Gasteiger partial charge >= 0.3 is 6.03 Å². The number of anilines is 1. The summed E-state index contributed by atoms with van der Waals surface area (Å²) in [6, 6.07) is 2.60. The second kappa shape index (κ2) is 6.37. The number of benzene rings is 1. The zero-order valence-electron chi connectivity index (χ0n) is 11.0. The molecule has 0 spiro atoms. The molecule has 0 bridgehead atoms. The Bertz CT molecular complexity index is 548. The molecule has 0 saturated heterocycles. The lowest BCUT2D eigenvalue weighted by Gasteiger charge is -2.14. The van der Waals surface area contributed by atoms with Crippen LogP contribution in [-0.2, 0) is 0 Å². The molecule has 20 heavy (non-hydrogen) atoms. The molecule has 0 heterocycles. The summed E-state index contributed by atoms with van der Waals surface area (Å²) in [5, 5.41) is 14.2. The highest BCUT2D eigenvalue weighted by Gasteiger charge is 2.20. The fraction of sp³-hybridized carbons (Fsp3) is 0.357. The molecule has 2 rings (SSSR count). The van der Waals surface area contributed by atoms with Crippen molar-refractivity contribution in [3.05, 3.63) is 40.1 Å². The van der Waals surface area contributed by atoms with E-state index in [9.17, 15) is 9.18 Å². The number of urea groups is 1. The molecule has 1 aliphatic rings. The number of hydrogen-bond donors (Lipinski definition) is 3. The van der Waals surface area contributed by atoms with Crippen LogP contribution in [0.3, 0.4) is 0 Å². The predicted molar refractivity (Wildman–Crippen MR) is 79.1 cm³/mol. The lowest BCUT2D eigenvalue weighted by atomic mass is 10.1. The summed E-state index contributed by atoms with van der Waals surface area (Å²) in [6.45, 7) is 1.70. The van der Waals surface area contributed by atoms with E-state index in [0.29, 0.717) is 16.5 Å². The van der Waals surface area contributed by atoms with Crippen molar-refractivity contribution in [1.82, 2.24) is 5.32 Å². The zero-order chi connectivity index (χ0) is 14.7. The first-order valence-corrected chi connectivity index (χ1v) is 7.12. The highest BCUT2D eigenvalue weighted by Crippen LogP contribution is 2.25. The number of nitrogens with one attached hydrogen (secondary N) is 2. The monoisotopic (exact) mass is 342 g/mol. The van der Waals surface area contributed by atoms with E-state index in [1.54, 1.807) is 13.0 Å². The average molecular weight is 343 g/mol. The van der Waals surface area contributed by atoms with Gasteiger partial charge in [0.25, 0.3) is 0 Å². The van der Waals surface area contributed by atoms with E-state index in [-0.39, 0.29) is 24.3 Å². The molecule has 0 radical (unpaired) electrons. The van der Waals surface area contributed by atoms with Crippen molar-refractivity contribution in [2.45, 2.75) is 19.4 Å². The van der Waals surface area contributed by atoms with Gasteiger partial charge in [-0.3, -0.25) is 0 Å². The Kier molecular flexibility index (Phi) is 4.77. The molecule has 6 heteroatoms. The van der Waals surface area contributed by atoms with Crippen molar-refractivity contribution in [1.29, 1.82) is 0 Å². The smallest absolute Gasteiger partial charge is 0.319 e. The van der Waals surface area contributed by atoms with Crippen molar-refractivity contribution < 1.29 is 14.3 Å². The highest BCUT2D eigenvalue weighted by atomic mass is 79.9. The van der Waals surface area contributed by atoms with E-state index in [4.69, 9.17) is 5.11 Å². The second-order valence-corrected chi connectivity index (χ2v) is 5.66. The predicted octanol–water partition coefficient (Wildman–Crippen LogP) is 2.96. The summed E-state index contributed by atoms with van der Waals surface area (Å²) in [5.41, 5.74) is 0.591. The lowest BCUT2D eigenvalue weighted by Crippen LogP contribution is -2.36. The summed E-state index contributed by atoms with van der Waals surface area (Å²) in [5.74, 6) is -0.378. The van der Waals surface area contributed by atoms with Gasteiger partial charge in [-0.25, -0.2) is 9.18 Å². The molecule has 1 aromatic carbocycles. The average Bonchev–Trinajstić information content (AvgIpc) is 2.87. The van der Waals surface area contributed by atoms with Crippen molar-refractivity contribution >= 4 is 27.6 Å². The van der Waals surface area contributed by atoms with Crippen LogP contribution in [0.5, 0.6) is 0 Å². The first-order valence-electron chi connectivity index (χ1n) is 6.32. The molecule has 3 N–H and O–H groups in total. The van der Waals surface area contributed by atoms with Crippen LogP contribution in [-0.4, -0.2) is 23.8 Å². The van der Waals surface area contributed by atoms with Crippen molar-refractivity contribution in [2.24, 2.45) is 5.92 Å². The van der Waals surface area contributed by atoms with Crippen LogP contribution in [0.15, 0.2) is 28.8 Å². The minimum Gasteiger partial charge on any atom is -0.396 e. The Balaban J connectivity index is 1.96. The summed E-state index contributed by atoms with van der Waals surface area (Å²) in [6.07, 6.45) is 4.37. The molecule has 0 aromatic heterocycles. The van der Waals surface area contributed by atoms with Crippen LogP contribution < -0.4 is 10.6 Å². The minimum atomic E-state index is -0.459. The number of amides is 2. The molecule has 4 nitrogen and oxygen atoms in total. The summed E-state index contributed by atoms with van der Waals surface area (Å²) >= 11 is 3.23. The maximum atomic E-state index is 13.9. The third kappa shape index (κ3) is 3.37. The number of aliphatic hydroxyl groups is 1. The Labute approximate surface area is 125 Å². The van der Waals surface area contributed by atoms with E-state index in [2.05, 4.69) is 26.6 Å². The molecule has 0 aliphatic heterocycles. The van der Waals surface area contributed by atoms with Crippen LogP contribution in [0.25, 0.3) is 0 Å². The van der Waals surface area contributed by atoms with Crippen LogP contribution in [0, 0.1) is 18.7 Å². The van der Waals surface area contributed by atoms with Crippen LogP contribution in [0.1, 0.15) is 12.0 Å². The molecule has 0 fully saturated rings. The quantitative estimate of drug-likeness (QED) is 0.739. The van der Waals surface area contributed by atoms with Gasteiger partial charge in [0, 0.05) is 28.6 Å². The van der Waals surface area contributed by atoms with Gasteiger partial charge in [0.2, 0.25) is 0 Å². The van der Waals surface area contributed by atoms with Gasteiger partial charge in [-0.05, 0) is 25.5 Å². The molecule has 0 unspecified atom stereocenters. The molecule has 1 aromatic rings. The van der Waals surface area contributed by atoms with Gasteiger partial charge in [-0.15, -0.1) is 0 Å².